The topological polar surface area (TPSA) is 118 Å². The number of benzene rings is 1. The minimum Gasteiger partial charge on any atom is -0.481 e. The van der Waals surface area contributed by atoms with Crippen molar-refractivity contribution in [2.24, 2.45) is 0 Å². The van der Waals surface area contributed by atoms with E-state index in [1.165, 1.54) is 0 Å². The molecule has 8 heteroatoms. The molecular formula is C20H25NO7. The normalized spacial score (nSPS) is 24.9. The highest BCUT2D eigenvalue weighted by molar-refractivity contribution is 6.04. The zero-order valence-corrected chi connectivity index (χ0v) is 15.7. The van der Waals surface area contributed by atoms with Crippen molar-refractivity contribution >= 4 is 22.8 Å². The number of carbonyl (C=O) groups excluding carboxylic acids is 1. The summed E-state index contributed by atoms with van der Waals surface area (Å²) < 4.78 is 16.8. The number of aliphatic carboxylic acids is 1. The predicted molar refractivity (Wildman–Crippen MR) is 99.9 cm³/mol. The number of nitrogens with one attached hydrogen (secondary N) is 1. The van der Waals surface area contributed by atoms with Gasteiger partial charge in [-0.1, -0.05) is 18.2 Å². The van der Waals surface area contributed by atoms with Crippen LogP contribution in [0.5, 0.6) is 0 Å². The van der Waals surface area contributed by atoms with Crippen molar-refractivity contribution in [1.82, 2.24) is 4.98 Å². The lowest BCUT2D eigenvalue weighted by atomic mass is 10.0. The Hall–Kier alpha value is -2.42. The molecule has 0 bridgehead atoms. The summed E-state index contributed by atoms with van der Waals surface area (Å²) in [5.74, 6) is -1.32. The standard InChI is InChI=1S/C20H25NO7/c1-12-17(10-16(22)20(27-12)26-9-5-4-8-18(23)24)28-19(25)14-11-21-15-7-3-2-6-13(14)15/h2-3,6-7,11-12,16-17,20-22H,4-5,8-10H2,1H3,(H,23,24)/t12-,16+,17+,20+/m0/s1. The molecule has 1 fully saturated rings. The first-order valence-corrected chi connectivity index (χ1v) is 9.39. The Morgan fingerprint density at radius 3 is 2.86 bits per heavy atom. The van der Waals surface area contributed by atoms with Crippen LogP contribution in [-0.2, 0) is 19.0 Å². The van der Waals surface area contributed by atoms with Gasteiger partial charge in [0.2, 0.25) is 0 Å². The second-order valence-electron chi connectivity index (χ2n) is 6.93. The summed E-state index contributed by atoms with van der Waals surface area (Å²) >= 11 is 0. The van der Waals surface area contributed by atoms with E-state index in [2.05, 4.69) is 4.98 Å². The number of para-hydroxylation sites is 1. The lowest BCUT2D eigenvalue weighted by Crippen LogP contribution is -2.48. The summed E-state index contributed by atoms with van der Waals surface area (Å²) in [5.41, 5.74) is 1.29. The van der Waals surface area contributed by atoms with E-state index in [9.17, 15) is 14.7 Å². The van der Waals surface area contributed by atoms with Crippen LogP contribution < -0.4 is 0 Å². The number of hydrogen-bond donors (Lipinski definition) is 3. The van der Waals surface area contributed by atoms with Crippen molar-refractivity contribution in [3.05, 3.63) is 36.0 Å². The number of aromatic amines is 1. The van der Waals surface area contributed by atoms with Gasteiger partial charge in [-0.2, -0.15) is 0 Å². The molecule has 1 aromatic heterocycles. The molecule has 152 valence electrons. The first-order valence-electron chi connectivity index (χ1n) is 9.39. The van der Waals surface area contributed by atoms with Gasteiger partial charge in [0.15, 0.2) is 6.29 Å². The minimum absolute atomic E-state index is 0.0830. The number of ether oxygens (including phenoxy) is 3. The Labute approximate surface area is 162 Å². The van der Waals surface area contributed by atoms with Gasteiger partial charge in [-0.25, -0.2) is 4.79 Å². The van der Waals surface area contributed by atoms with E-state index in [4.69, 9.17) is 19.3 Å². The molecule has 1 saturated heterocycles. The number of aromatic nitrogens is 1. The zero-order valence-electron chi connectivity index (χ0n) is 15.7. The van der Waals surface area contributed by atoms with Crippen molar-refractivity contribution in [3.63, 3.8) is 0 Å². The van der Waals surface area contributed by atoms with Crippen LogP contribution in [0.1, 0.15) is 43.0 Å². The average Bonchev–Trinajstić information content (AvgIpc) is 3.09. The molecule has 0 amide bonds. The zero-order chi connectivity index (χ0) is 20.1. The molecule has 0 spiro atoms. The van der Waals surface area contributed by atoms with Crippen LogP contribution >= 0.6 is 0 Å². The number of rotatable bonds is 8. The molecule has 1 aliphatic heterocycles. The number of H-pyrrole nitrogens is 1. The van der Waals surface area contributed by atoms with Crippen molar-refractivity contribution in [3.8, 4) is 0 Å². The molecular weight excluding hydrogens is 366 g/mol. The number of aliphatic hydroxyl groups excluding tert-OH is 1. The summed E-state index contributed by atoms with van der Waals surface area (Å²) in [6, 6.07) is 7.44. The third-order valence-corrected chi connectivity index (χ3v) is 4.79. The summed E-state index contributed by atoms with van der Waals surface area (Å²) in [7, 11) is 0. The van der Waals surface area contributed by atoms with Gasteiger partial charge < -0.3 is 29.4 Å². The number of carbonyl (C=O) groups is 2. The Bertz CT molecular complexity index is 818. The number of fused-ring (bicyclic) bond motifs is 1. The van der Waals surface area contributed by atoms with Crippen molar-refractivity contribution in [2.45, 2.75) is 57.2 Å². The molecule has 3 rings (SSSR count). The first-order chi connectivity index (χ1) is 13.5. The van der Waals surface area contributed by atoms with Gasteiger partial charge in [-0.05, 0) is 25.8 Å². The third-order valence-electron chi connectivity index (χ3n) is 4.79. The van der Waals surface area contributed by atoms with E-state index in [0.717, 1.165) is 10.9 Å². The number of aliphatic hydroxyl groups is 1. The summed E-state index contributed by atoms with van der Waals surface area (Å²) in [4.78, 5) is 26.1. The largest absolute Gasteiger partial charge is 0.481 e. The van der Waals surface area contributed by atoms with Gasteiger partial charge in [-0.3, -0.25) is 4.79 Å². The molecule has 0 aliphatic carbocycles. The number of carboxylic acids is 1. The molecule has 1 aliphatic rings. The van der Waals surface area contributed by atoms with E-state index in [0.29, 0.717) is 25.0 Å². The van der Waals surface area contributed by atoms with Gasteiger partial charge in [0.25, 0.3) is 0 Å². The third kappa shape index (κ3) is 4.89. The molecule has 4 atom stereocenters. The predicted octanol–water partition coefficient (Wildman–Crippen LogP) is 2.46. The summed E-state index contributed by atoms with van der Waals surface area (Å²) in [5, 5.41) is 19.7. The van der Waals surface area contributed by atoms with Crippen molar-refractivity contribution < 1.29 is 34.0 Å². The van der Waals surface area contributed by atoms with Crippen LogP contribution in [0.15, 0.2) is 30.5 Å². The van der Waals surface area contributed by atoms with E-state index >= 15 is 0 Å². The quantitative estimate of drug-likeness (QED) is 0.467. The van der Waals surface area contributed by atoms with E-state index in [1.807, 2.05) is 24.3 Å². The fraction of sp³-hybridized carbons (Fsp3) is 0.500. The molecule has 0 unspecified atom stereocenters. The smallest absolute Gasteiger partial charge is 0.340 e. The van der Waals surface area contributed by atoms with Crippen LogP contribution in [0.25, 0.3) is 10.9 Å². The Balaban J connectivity index is 1.51. The molecule has 2 aromatic rings. The maximum absolute atomic E-state index is 12.6. The molecule has 0 radical (unpaired) electrons. The van der Waals surface area contributed by atoms with Gasteiger partial charge in [-0.15, -0.1) is 0 Å². The Morgan fingerprint density at radius 1 is 1.29 bits per heavy atom. The first kappa shape index (κ1) is 20.3. The highest BCUT2D eigenvalue weighted by Gasteiger charge is 2.38. The van der Waals surface area contributed by atoms with Gasteiger partial charge in [0.1, 0.15) is 12.2 Å². The highest BCUT2D eigenvalue weighted by atomic mass is 16.7. The number of unbranched alkanes of at least 4 members (excludes halogenated alkanes) is 1. The summed E-state index contributed by atoms with van der Waals surface area (Å²) in [6.07, 6.45) is 0.171. The van der Waals surface area contributed by atoms with Gasteiger partial charge >= 0.3 is 11.9 Å². The number of esters is 1. The minimum atomic E-state index is -0.934. The van der Waals surface area contributed by atoms with Crippen LogP contribution in [0.2, 0.25) is 0 Å². The maximum atomic E-state index is 12.6. The monoisotopic (exact) mass is 391 g/mol. The van der Waals surface area contributed by atoms with Gasteiger partial charge in [0, 0.05) is 36.5 Å². The van der Waals surface area contributed by atoms with Crippen LogP contribution in [-0.4, -0.2) is 58.3 Å². The van der Waals surface area contributed by atoms with E-state index in [-0.39, 0.29) is 12.8 Å². The van der Waals surface area contributed by atoms with Gasteiger partial charge in [0.05, 0.1) is 11.7 Å². The molecule has 0 saturated carbocycles. The van der Waals surface area contributed by atoms with Crippen LogP contribution in [0.4, 0.5) is 0 Å². The fourth-order valence-corrected chi connectivity index (χ4v) is 3.24. The molecule has 2 heterocycles. The maximum Gasteiger partial charge on any atom is 0.340 e. The Kier molecular flexibility index (Phi) is 6.66. The second kappa shape index (κ2) is 9.18. The molecule has 1 aromatic carbocycles. The summed E-state index contributed by atoms with van der Waals surface area (Å²) in [6.45, 7) is 2.06. The molecule has 8 nitrogen and oxygen atoms in total. The molecule has 28 heavy (non-hydrogen) atoms. The highest BCUT2D eigenvalue weighted by Crippen LogP contribution is 2.26. The SMILES string of the molecule is C[C@@H]1O[C@@H](OCCCCC(=O)O)[C@H](O)C[C@H]1OC(=O)c1c[nH]c2ccccc12. The lowest BCUT2D eigenvalue weighted by molar-refractivity contribution is -0.260. The van der Waals surface area contributed by atoms with Crippen LogP contribution in [0.3, 0.4) is 0 Å². The number of carboxylic acid groups (broad SMARTS) is 1. The van der Waals surface area contributed by atoms with E-state index in [1.54, 1.807) is 13.1 Å². The lowest BCUT2D eigenvalue weighted by Gasteiger charge is -2.37. The van der Waals surface area contributed by atoms with E-state index < -0.39 is 36.5 Å². The van der Waals surface area contributed by atoms with Crippen molar-refractivity contribution in [2.75, 3.05) is 6.61 Å². The van der Waals surface area contributed by atoms with Crippen molar-refractivity contribution in [1.29, 1.82) is 0 Å². The number of hydrogen-bond acceptors (Lipinski definition) is 6. The Morgan fingerprint density at radius 2 is 2.07 bits per heavy atom. The second-order valence-corrected chi connectivity index (χ2v) is 6.93. The fourth-order valence-electron chi connectivity index (χ4n) is 3.24. The van der Waals surface area contributed by atoms with Crippen LogP contribution in [0, 0.1) is 0 Å². The average molecular weight is 391 g/mol. The molecule has 3 N–H and O–H groups in total.